The molecule has 0 aliphatic heterocycles. The van der Waals surface area contributed by atoms with Crippen LogP contribution in [0.1, 0.15) is 54.0 Å². The van der Waals surface area contributed by atoms with Gasteiger partial charge in [0, 0.05) is 18.3 Å². The van der Waals surface area contributed by atoms with Gasteiger partial charge >= 0.3 is 0 Å². The highest BCUT2D eigenvalue weighted by Gasteiger charge is 2.11. The Morgan fingerprint density at radius 3 is 2.65 bits per heavy atom. The van der Waals surface area contributed by atoms with Gasteiger partial charge in [0.1, 0.15) is 17.3 Å². The molecule has 0 radical (unpaired) electrons. The summed E-state index contributed by atoms with van der Waals surface area (Å²) >= 11 is 0. The van der Waals surface area contributed by atoms with Crippen molar-refractivity contribution in [1.29, 1.82) is 0 Å². The van der Waals surface area contributed by atoms with Crippen molar-refractivity contribution in [3.05, 3.63) is 59.1 Å². The highest BCUT2D eigenvalue weighted by atomic mass is 16.1. The van der Waals surface area contributed by atoms with E-state index in [-0.39, 0.29) is 5.91 Å². The van der Waals surface area contributed by atoms with Crippen LogP contribution in [0, 0.1) is 13.8 Å². The van der Waals surface area contributed by atoms with Gasteiger partial charge in [0.05, 0.1) is 0 Å². The van der Waals surface area contributed by atoms with Crippen LogP contribution in [-0.2, 0) is 0 Å². The van der Waals surface area contributed by atoms with Crippen LogP contribution < -0.4 is 10.6 Å². The molecule has 0 saturated heterocycles. The lowest BCUT2D eigenvalue weighted by Gasteiger charge is -2.13. The summed E-state index contributed by atoms with van der Waals surface area (Å²) in [6.07, 6.45) is 8.11. The van der Waals surface area contributed by atoms with Crippen molar-refractivity contribution in [2.75, 3.05) is 11.9 Å². The minimum Gasteiger partial charge on any atom is -0.350 e. The number of carbonyl (C=O) groups is 1. The van der Waals surface area contributed by atoms with Crippen LogP contribution in [0.4, 0.5) is 11.5 Å². The van der Waals surface area contributed by atoms with Crippen molar-refractivity contribution in [1.82, 2.24) is 15.3 Å². The molecule has 0 fully saturated rings. The first-order chi connectivity index (χ1) is 12.6. The van der Waals surface area contributed by atoms with Gasteiger partial charge in [-0.05, 0) is 58.1 Å². The van der Waals surface area contributed by atoms with Gasteiger partial charge in [-0.15, -0.1) is 0 Å². The number of carbonyl (C=O) groups excluding carboxylic acids is 1. The van der Waals surface area contributed by atoms with Crippen molar-refractivity contribution in [3.8, 4) is 0 Å². The van der Waals surface area contributed by atoms with Gasteiger partial charge in [-0.3, -0.25) is 4.79 Å². The third-order valence-corrected chi connectivity index (χ3v) is 4.51. The number of rotatable bonds is 6. The first kappa shape index (κ1) is 18.1. The van der Waals surface area contributed by atoms with Crippen LogP contribution in [0.25, 0.3) is 0 Å². The normalized spacial score (nSPS) is 13.8. The number of allylic oxidation sites excluding steroid dienone is 1. The molecule has 26 heavy (non-hydrogen) atoms. The number of aromatic nitrogens is 2. The average molecular weight is 350 g/mol. The third kappa shape index (κ3) is 5.15. The van der Waals surface area contributed by atoms with E-state index >= 15 is 0 Å². The fourth-order valence-corrected chi connectivity index (χ4v) is 3.09. The Labute approximate surface area is 155 Å². The summed E-state index contributed by atoms with van der Waals surface area (Å²) in [5.74, 6) is 1.04. The van der Waals surface area contributed by atoms with Crippen molar-refractivity contribution in [3.63, 3.8) is 0 Å². The molecule has 5 heteroatoms. The summed E-state index contributed by atoms with van der Waals surface area (Å²) in [5.41, 5.74) is 3.98. The van der Waals surface area contributed by atoms with Gasteiger partial charge in [-0.1, -0.05) is 29.3 Å². The molecule has 1 aliphatic carbocycles. The molecule has 136 valence electrons. The molecule has 1 aromatic heterocycles. The zero-order valence-corrected chi connectivity index (χ0v) is 15.5. The Hall–Kier alpha value is -2.69. The van der Waals surface area contributed by atoms with E-state index in [9.17, 15) is 4.79 Å². The van der Waals surface area contributed by atoms with E-state index in [2.05, 4.69) is 26.7 Å². The van der Waals surface area contributed by atoms with E-state index < -0.39 is 0 Å². The zero-order chi connectivity index (χ0) is 18.4. The van der Waals surface area contributed by atoms with Crippen LogP contribution in [0.5, 0.6) is 0 Å². The van der Waals surface area contributed by atoms with E-state index in [0.29, 0.717) is 23.9 Å². The summed E-state index contributed by atoms with van der Waals surface area (Å²) in [6, 6.07) is 9.74. The molecule has 1 aromatic carbocycles. The van der Waals surface area contributed by atoms with Crippen LogP contribution in [-0.4, -0.2) is 22.4 Å². The van der Waals surface area contributed by atoms with E-state index in [1.165, 1.54) is 30.4 Å². The molecule has 0 atom stereocenters. The number of amides is 1. The smallest absolute Gasteiger partial charge is 0.270 e. The standard InChI is InChI=1S/C21H26N4O/c1-15-8-10-18(11-9-15)25-20-14-19(23-16(2)24-20)21(26)22-13-12-17-6-4-3-5-7-17/h6,8-11,14H,3-5,7,12-13H2,1-2H3,(H,22,26)(H,23,24,25). The van der Waals surface area contributed by atoms with E-state index in [1.54, 1.807) is 13.0 Å². The first-order valence-corrected chi connectivity index (χ1v) is 9.25. The lowest BCUT2D eigenvalue weighted by Crippen LogP contribution is -2.26. The summed E-state index contributed by atoms with van der Waals surface area (Å²) < 4.78 is 0. The Bertz CT molecular complexity index is 796. The van der Waals surface area contributed by atoms with Gasteiger partial charge in [0.25, 0.3) is 5.91 Å². The maximum absolute atomic E-state index is 12.4. The second-order valence-electron chi connectivity index (χ2n) is 6.79. The van der Waals surface area contributed by atoms with Gasteiger partial charge < -0.3 is 10.6 Å². The van der Waals surface area contributed by atoms with E-state index in [0.717, 1.165) is 18.5 Å². The molecule has 3 rings (SSSR count). The minimum absolute atomic E-state index is 0.154. The number of nitrogens with zero attached hydrogens (tertiary/aromatic N) is 2. The van der Waals surface area contributed by atoms with Gasteiger partial charge in [0.2, 0.25) is 0 Å². The summed E-state index contributed by atoms with van der Waals surface area (Å²) in [4.78, 5) is 21.1. The molecule has 2 aromatic rings. The molecular weight excluding hydrogens is 324 g/mol. The SMILES string of the molecule is Cc1ccc(Nc2cc(C(=O)NCCC3=CCCCC3)nc(C)n2)cc1. The fourth-order valence-electron chi connectivity index (χ4n) is 3.09. The third-order valence-electron chi connectivity index (χ3n) is 4.51. The molecule has 5 nitrogen and oxygen atoms in total. The largest absolute Gasteiger partial charge is 0.350 e. The number of benzene rings is 1. The minimum atomic E-state index is -0.154. The Morgan fingerprint density at radius 1 is 1.12 bits per heavy atom. The summed E-state index contributed by atoms with van der Waals surface area (Å²) in [7, 11) is 0. The van der Waals surface area contributed by atoms with E-state index in [1.807, 2.05) is 31.2 Å². The molecule has 0 spiro atoms. The molecule has 1 aliphatic rings. The predicted octanol–water partition coefficient (Wildman–Crippen LogP) is 4.46. The molecule has 1 heterocycles. The highest BCUT2D eigenvalue weighted by molar-refractivity contribution is 5.93. The summed E-state index contributed by atoms with van der Waals surface area (Å²) in [6.45, 7) is 4.49. The second-order valence-corrected chi connectivity index (χ2v) is 6.79. The first-order valence-electron chi connectivity index (χ1n) is 9.25. The van der Waals surface area contributed by atoms with Crippen LogP contribution in [0.15, 0.2) is 42.0 Å². The zero-order valence-electron chi connectivity index (χ0n) is 15.5. The van der Waals surface area contributed by atoms with Crippen LogP contribution in [0.2, 0.25) is 0 Å². The Morgan fingerprint density at radius 2 is 1.92 bits per heavy atom. The second kappa shape index (κ2) is 8.61. The number of anilines is 2. The van der Waals surface area contributed by atoms with Crippen molar-refractivity contribution >= 4 is 17.4 Å². The number of nitrogens with one attached hydrogen (secondary N) is 2. The lowest BCUT2D eigenvalue weighted by molar-refractivity contribution is 0.0948. The van der Waals surface area contributed by atoms with Gasteiger partial charge in [0.15, 0.2) is 0 Å². The topological polar surface area (TPSA) is 66.9 Å². The lowest BCUT2D eigenvalue weighted by atomic mass is 9.97. The quantitative estimate of drug-likeness (QED) is 0.755. The Balaban J connectivity index is 1.61. The molecule has 0 unspecified atom stereocenters. The van der Waals surface area contributed by atoms with Crippen molar-refractivity contribution in [2.24, 2.45) is 0 Å². The Kier molecular flexibility index (Phi) is 6.00. The van der Waals surface area contributed by atoms with Crippen LogP contribution >= 0.6 is 0 Å². The fraction of sp³-hybridized carbons (Fsp3) is 0.381. The molecule has 0 saturated carbocycles. The van der Waals surface area contributed by atoms with E-state index in [4.69, 9.17) is 0 Å². The molecule has 2 N–H and O–H groups in total. The van der Waals surface area contributed by atoms with Crippen molar-refractivity contribution < 1.29 is 4.79 Å². The van der Waals surface area contributed by atoms with Gasteiger partial charge in [-0.2, -0.15) is 0 Å². The van der Waals surface area contributed by atoms with Gasteiger partial charge in [-0.25, -0.2) is 9.97 Å². The maximum Gasteiger partial charge on any atom is 0.270 e. The molecular formula is C21H26N4O. The molecule has 0 bridgehead atoms. The number of hydrogen-bond acceptors (Lipinski definition) is 4. The van der Waals surface area contributed by atoms with Crippen LogP contribution in [0.3, 0.4) is 0 Å². The van der Waals surface area contributed by atoms with Crippen molar-refractivity contribution in [2.45, 2.75) is 46.0 Å². The highest BCUT2D eigenvalue weighted by Crippen LogP contribution is 2.19. The average Bonchev–Trinajstić information content (AvgIpc) is 2.64. The predicted molar refractivity (Wildman–Crippen MR) is 105 cm³/mol. The maximum atomic E-state index is 12.4. The summed E-state index contributed by atoms with van der Waals surface area (Å²) in [5, 5.41) is 6.21. The molecule has 1 amide bonds. The monoisotopic (exact) mass is 350 g/mol. The number of aryl methyl sites for hydroxylation is 2. The number of hydrogen-bond donors (Lipinski definition) is 2.